The SMILES string of the molecule is CCCCC(COC(=O)CC)OCC. The molecule has 1 atom stereocenters. The Kier molecular flexibility index (Phi) is 8.64. The van der Waals surface area contributed by atoms with Crippen LogP contribution in [0.4, 0.5) is 0 Å². The van der Waals surface area contributed by atoms with Crippen LogP contribution in [0, 0.1) is 0 Å². The van der Waals surface area contributed by atoms with Gasteiger partial charge in [0, 0.05) is 13.0 Å². The molecule has 84 valence electrons. The second kappa shape index (κ2) is 9.00. The van der Waals surface area contributed by atoms with Crippen LogP contribution in [0.25, 0.3) is 0 Å². The van der Waals surface area contributed by atoms with Crippen LogP contribution in [-0.2, 0) is 14.3 Å². The highest BCUT2D eigenvalue weighted by Crippen LogP contribution is 2.06. The number of unbranched alkanes of at least 4 members (excludes halogenated alkanes) is 1. The van der Waals surface area contributed by atoms with E-state index < -0.39 is 0 Å². The van der Waals surface area contributed by atoms with Gasteiger partial charge in [-0.15, -0.1) is 0 Å². The van der Waals surface area contributed by atoms with Crippen molar-refractivity contribution in [1.29, 1.82) is 0 Å². The Balaban J connectivity index is 3.66. The van der Waals surface area contributed by atoms with Crippen molar-refractivity contribution in [3.8, 4) is 0 Å². The highest BCUT2D eigenvalue weighted by molar-refractivity contribution is 5.68. The normalized spacial score (nSPS) is 12.5. The highest BCUT2D eigenvalue weighted by atomic mass is 16.6. The molecule has 0 aromatic heterocycles. The van der Waals surface area contributed by atoms with Crippen molar-refractivity contribution < 1.29 is 14.3 Å². The average molecular weight is 202 g/mol. The van der Waals surface area contributed by atoms with Gasteiger partial charge in [0.05, 0.1) is 6.10 Å². The number of ether oxygens (including phenoxy) is 2. The van der Waals surface area contributed by atoms with Crippen LogP contribution in [0.3, 0.4) is 0 Å². The number of carbonyl (C=O) groups is 1. The van der Waals surface area contributed by atoms with Gasteiger partial charge in [0.1, 0.15) is 6.61 Å². The number of carbonyl (C=O) groups excluding carboxylic acids is 1. The molecule has 0 N–H and O–H groups in total. The molecule has 0 amide bonds. The zero-order chi connectivity index (χ0) is 10.8. The van der Waals surface area contributed by atoms with Gasteiger partial charge in [-0.2, -0.15) is 0 Å². The van der Waals surface area contributed by atoms with E-state index in [1.165, 1.54) is 0 Å². The summed E-state index contributed by atoms with van der Waals surface area (Å²) in [5, 5.41) is 0. The summed E-state index contributed by atoms with van der Waals surface area (Å²) in [7, 11) is 0. The Morgan fingerprint density at radius 2 is 2.00 bits per heavy atom. The molecule has 0 aliphatic heterocycles. The largest absolute Gasteiger partial charge is 0.463 e. The van der Waals surface area contributed by atoms with Gasteiger partial charge in [0.2, 0.25) is 0 Å². The zero-order valence-corrected chi connectivity index (χ0v) is 9.54. The van der Waals surface area contributed by atoms with Crippen LogP contribution >= 0.6 is 0 Å². The predicted octanol–water partition coefficient (Wildman–Crippen LogP) is 2.53. The van der Waals surface area contributed by atoms with E-state index in [9.17, 15) is 4.79 Å². The molecule has 0 radical (unpaired) electrons. The van der Waals surface area contributed by atoms with Crippen molar-refractivity contribution in [1.82, 2.24) is 0 Å². The maximum absolute atomic E-state index is 10.9. The second-order valence-corrected chi connectivity index (χ2v) is 3.26. The van der Waals surface area contributed by atoms with E-state index in [1.54, 1.807) is 6.92 Å². The lowest BCUT2D eigenvalue weighted by molar-refractivity contribution is -0.147. The number of rotatable bonds is 8. The molecule has 14 heavy (non-hydrogen) atoms. The van der Waals surface area contributed by atoms with Crippen LogP contribution in [0.1, 0.15) is 46.5 Å². The van der Waals surface area contributed by atoms with Crippen molar-refractivity contribution in [3.63, 3.8) is 0 Å². The van der Waals surface area contributed by atoms with Crippen molar-refractivity contribution in [2.75, 3.05) is 13.2 Å². The first kappa shape index (κ1) is 13.4. The van der Waals surface area contributed by atoms with Crippen LogP contribution in [-0.4, -0.2) is 25.3 Å². The summed E-state index contributed by atoms with van der Waals surface area (Å²) in [6, 6.07) is 0. The third-order valence-electron chi connectivity index (χ3n) is 2.00. The fourth-order valence-corrected chi connectivity index (χ4v) is 1.17. The number of hydrogen-bond acceptors (Lipinski definition) is 3. The molecule has 3 nitrogen and oxygen atoms in total. The monoisotopic (exact) mass is 202 g/mol. The molecule has 0 heterocycles. The minimum Gasteiger partial charge on any atom is -0.463 e. The Hall–Kier alpha value is -0.570. The predicted molar refractivity (Wildman–Crippen MR) is 56.2 cm³/mol. The molecule has 0 bridgehead atoms. The molecule has 1 unspecified atom stereocenters. The molecule has 0 saturated carbocycles. The van der Waals surface area contributed by atoms with Crippen LogP contribution in [0.5, 0.6) is 0 Å². The number of hydrogen-bond donors (Lipinski definition) is 0. The van der Waals surface area contributed by atoms with Gasteiger partial charge in [-0.3, -0.25) is 4.79 Å². The summed E-state index contributed by atoms with van der Waals surface area (Å²) < 4.78 is 10.5. The van der Waals surface area contributed by atoms with E-state index in [0.29, 0.717) is 19.6 Å². The van der Waals surface area contributed by atoms with Crippen LogP contribution in [0.15, 0.2) is 0 Å². The van der Waals surface area contributed by atoms with E-state index in [1.807, 2.05) is 6.92 Å². The molecule has 0 saturated heterocycles. The molecule has 0 aromatic rings. The van der Waals surface area contributed by atoms with E-state index >= 15 is 0 Å². The molecule has 0 spiro atoms. The Labute approximate surface area is 86.8 Å². The third kappa shape index (κ3) is 6.89. The maximum Gasteiger partial charge on any atom is 0.305 e. The van der Waals surface area contributed by atoms with E-state index in [-0.39, 0.29) is 12.1 Å². The first-order valence-electron chi connectivity index (χ1n) is 5.51. The van der Waals surface area contributed by atoms with Gasteiger partial charge in [-0.05, 0) is 13.3 Å². The molecular formula is C11H22O3. The van der Waals surface area contributed by atoms with Crippen molar-refractivity contribution in [2.24, 2.45) is 0 Å². The van der Waals surface area contributed by atoms with E-state index in [2.05, 4.69) is 6.92 Å². The Morgan fingerprint density at radius 1 is 1.29 bits per heavy atom. The molecule has 3 heteroatoms. The first-order valence-corrected chi connectivity index (χ1v) is 5.51. The quantitative estimate of drug-likeness (QED) is 0.567. The minimum atomic E-state index is -0.147. The zero-order valence-electron chi connectivity index (χ0n) is 9.54. The van der Waals surface area contributed by atoms with Gasteiger partial charge >= 0.3 is 5.97 Å². The summed E-state index contributed by atoms with van der Waals surface area (Å²) in [5.41, 5.74) is 0. The summed E-state index contributed by atoms with van der Waals surface area (Å²) in [5.74, 6) is -0.147. The van der Waals surface area contributed by atoms with Gasteiger partial charge < -0.3 is 9.47 Å². The second-order valence-electron chi connectivity index (χ2n) is 3.26. The topological polar surface area (TPSA) is 35.5 Å². The molecule has 0 rings (SSSR count). The minimum absolute atomic E-state index is 0.0791. The van der Waals surface area contributed by atoms with Crippen LogP contribution < -0.4 is 0 Å². The van der Waals surface area contributed by atoms with Crippen molar-refractivity contribution in [2.45, 2.75) is 52.6 Å². The van der Waals surface area contributed by atoms with E-state index in [4.69, 9.17) is 9.47 Å². The maximum atomic E-state index is 10.9. The fraction of sp³-hybridized carbons (Fsp3) is 0.909. The smallest absolute Gasteiger partial charge is 0.305 e. The summed E-state index contributed by atoms with van der Waals surface area (Å²) in [6.07, 6.45) is 3.75. The third-order valence-corrected chi connectivity index (χ3v) is 2.00. The highest BCUT2D eigenvalue weighted by Gasteiger charge is 2.10. The summed E-state index contributed by atoms with van der Waals surface area (Å²) >= 11 is 0. The van der Waals surface area contributed by atoms with Gasteiger partial charge in [-0.1, -0.05) is 26.7 Å². The molecule has 0 aliphatic rings. The standard InChI is InChI=1S/C11H22O3/c1-4-7-8-10(13-6-3)9-14-11(12)5-2/h10H,4-9H2,1-3H3. The fourth-order valence-electron chi connectivity index (χ4n) is 1.17. The Morgan fingerprint density at radius 3 is 2.50 bits per heavy atom. The van der Waals surface area contributed by atoms with Crippen LogP contribution in [0.2, 0.25) is 0 Å². The van der Waals surface area contributed by atoms with Gasteiger partial charge in [0.15, 0.2) is 0 Å². The summed E-state index contributed by atoms with van der Waals surface area (Å²) in [6.45, 7) is 6.98. The van der Waals surface area contributed by atoms with Gasteiger partial charge in [-0.25, -0.2) is 0 Å². The molecular weight excluding hydrogens is 180 g/mol. The first-order chi connectivity index (χ1) is 6.74. The van der Waals surface area contributed by atoms with Crippen molar-refractivity contribution >= 4 is 5.97 Å². The molecule has 0 aromatic carbocycles. The van der Waals surface area contributed by atoms with Gasteiger partial charge in [0.25, 0.3) is 0 Å². The molecule has 0 fully saturated rings. The van der Waals surface area contributed by atoms with Crippen molar-refractivity contribution in [3.05, 3.63) is 0 Å². The summed E-state index contributed by atoms with van der Waals surface area (Å²) in [4.78, 5) is 10.9. The Bertz CT molecular complexity index is 145. The number of esters is 1. The van der Waals surface area contributed by atoms with E-state index in [0.717, 1.165) is 19.3 Å². The molecule has 0 aliphatic carbocycles. The lowest BCUT2D eigenvalue weighted by Crippen LogP contribution is -2.22. The lowest BCUT2D eigenvalue weighted by atomic mass is 10.2. The lowest BCUT2D eigenvalue weighted by Gasteiger charge is -2.16. The average Bonchev–Trinajstić information content (AvgIpc) is 2.21.